The fourth-order valence-electron chi connectivity index (χ4n) is 1.38. The Kier molecular flexibility index (Phi) is 4.18. The number of halogens is 2. The molecule has 0 heterocycles. The van der Waals surface area contributed by atoms with E-state index in [1.54, 1.807) is 6.07 Å². The predicted molar refractivity (Wildman–Crippen MR) is 67.2 cm³/mol. The van der Waals surface area contributed by atoms with E-state index in [0.29, 0.717) is 6.04 Å². The molecule has 4 heteroatoms. The molecule has 1 aromatic rings. The first kappa shape index (κ1) is 12.6. The summed E-state index contributed by atoms with van der Waals surface area (Å²) in [5.74, 6) is -0.870. The predicted octanol–water partition coefficient (Wildman–Crippen LogP) is 3.37. The van der Waals surface area contributed by atoms with Gasteiger partial charge in [0.25, 0.3) is 0 Å². The van der Waals surface area contributed by atoms with Crippen LogP contribution in [0.2, 0.25) is 0 Å². The summed E-state index contributed by atoms with van der Waals surface area (Å²) in [5.41, 5.74) is 1.08. The van der Waals surface area contributed by atoms with Gasteiger partial charge in [0.2, 0.25) is 0 Å². The SMILES string of the molecule is C=C(CNC1CC1)CSc1ccc(F)c(F)c1. The third-order valence-electron chi connectivity index (χ3n) is 2.55. The molecule has 0 spiro atoms. The van der Waals surface area contributed by atoms with Crippen LogP contribution < -0.4 is 5.32 Å². The largest absolute Gasteiger partial charge is 0.310 e. The molecule has 1 nitrogen and oxygen atoms in total. The highest BCUT2D eigenvalue weighted by molar-refractivity contribution is 7.99. The van der Waals surface area contributed by atoms with E-state index in [1.807, 2.05) is 0 Å². The van der Waals surface area contributed by atoms with Crippen molar-refractivity contribution in [3.05, 3.63) is 42.0 Å². The molecule has 0 aromatic heterocycles. The Bertz CT molecular complexity index is 416. The molecule has 1 aromatic carbocycles. The standard InChI is InChI=1S/C13H15F2NS/c1-9(7-16-10-2-3-10)8-17-11-4-5-12(14)13(15)6-11/h4-6,10,16H,1-3,7-8H2. The van der Waals surface area contributed by atoms with Crippen LogP contribution in [0.3, 0.4) is 0 Å². The Morgan fingerprint density at radius 3 is 2.76 bits per heavy atom. The van der Waals surface area contributed by atoms with Crippen LogP contribution in [0.4, 0.5) is 8.78 Å². The Morgan fingerprint density at radius 1 is 1.35 bits per heavy atom. The maximum atomic E-state index is 12.9. The zero-order chi connectivity index (χ0) is 12.3. The zero-order valence-electron chi connectivity index (χ0n) is 9.51. The van der Waals surface area contributed by atoms with Gasteiger partial charge in [-0.3, -0.25) is 0 Å². The summed E-state index contributed by atoms with van der Waals surface area (Å²) in [6.07, 6.45) is 2.51. The second-order valence-corrected chi connectivity index (χ2v) is 5.32. The van der Waals surface area contributed by atoms with Crippen LogP contribution >= 0.6 is 11.8 Å². The van der Waals surface area contributed by atoms with Gasteiger partial charge in [0.1, 0.15) is 0 Å². The maximum absolute atomic E-state index is 12.9. The van der Waals surface area contributed by atoms with E-state index >= 15 is 0 Å². The van der Waals surface area contributed by atoms with E-state index in [1.165, 1.54) is 30.7 Å². The van der Waals surface area contributed by atoms with Gasteiger partial charge in [0, 0.05) is 23.2 Å². The molecule has 1 aliphatic carbocycles. The second-order valence-electron chi connectivity index (χ2n) is 4.27. The fourth-order valence-corrected chi connectivity index (χ4v) is 2.20. The molecule has 2 rings (SSSR count). The van der Waals surface area contributed by atoms with Gasteiger partial charge < -0.3 is 5.32 Å². The lowest BCUT2D eigenvalue weighted by atomic mass is 10.3. The first-order chi connectivity index (χ1) is 8.15. The molecule has 0 saturated heterocycles. The molecule has 0 radical (unpaired) electrons. The fraction of sp³-hybridized carbons (Fsp3) is 0.385. The smallest absolute Gasteiger partial charge is 0.159 e. The van der Waals surface area contributed by atoms with Gasteiger partial charge in [0.15, 0.2) is 11.6 Å². The minimum atomic E-state index is -0.802. The molecule has 0 unspecified atom stereocenters. The quantitative estimate of drug-likeness (QED) is 0.618. The van der Waals surface area contributed by atoms with Crippen LogP contribution in [-0.4, -0.2) is 18.3 Å². The molecule has 1 fully saturated rings. The molecule has 1 saturated carbocycles. The molecule has 1 aliphatic rings. The number of rotatable bonds is 6. The number of hydrogen-bond donors (Lipinski definition) is 1. The molecule has 17 heavy (non-hydrogen) atoms. The van der Waals surface area contributed by atoms with Gasteiger partial charge >= 0.3 is 0 Å². The topological polar surface area (TPSA) is 12.0 Å². The van der Waals surface area contributed by atoms with Gasteiger partial charge in [-0.05, 0) is 31.0 Å². The minimum absolute atomic E-state index is 0.667. The van der Waals surface area contributed by atoms with Crippen molar-refractivity contribution in [1.82, 2.24) is 5.32 Å². The number of hydrogen-bond acceptors (Lipinski definition) is 2. The molecule has 0 aliphatic heterocycles. The van der Waals surface area contributed by atoms with Gasteiger partial charge in [-0.1, -0.05) is 12.2 Å². The van der Waals surface area contributed by atoms with Crippen molar-refractivity contribution in [3.63, 3.8) is 0 Å². The first-order valence-corrected chi connectivity index (χ1v) is 6.61. The summed E-state index contributed by atoms with van der Waals surface area (Å²) in [6, 6.07) is 4.63. The highest BCUT2D eigenvalue weighted by Crippen LogP contribution is 2.23. The van der Waals surface area contributed by atoms with E-state index in [0.717, 1.165) is 28.8 Å². The molecular weight excluding hydrogens is 240 g/mol. The van der Waals surface area contributed by atoms with Crippen molar-refractivity contribution in [2.24, 2.45) is 0 Å². The van der Waals surface area contributed by atoms with Crippen LogP contribution in [0.1, 0.15) is 12.8 Å². The summed E-state index contributed by atoms with van der Waals surface area (Å²) in [4.78, 5) is 0.733. The lowest BCUT2D eigenvalue weighted by Crippen LogP contribution is -2.19. The normalized spacial score (nSPS) is 14.9. The van der Waals surface area contributed by atoms with E-state index in [-0.39, 0.29) is 0 Å². The molecule has 0 atom stereocenters. The molecule has 0 amide bonds. The summed E-state index contributed by atoms with van der Waals surface area (Å²) in [5, 5.41) is 3.37. The van der Waals surface area contributed by atoms with Gasteiger partial charge in [-0.2, -0.15) is 0 Å². The van der Waals surface area contributed by atoms with Crippen molar-refractivity contribution in [2.75, 3.05) is 12.3 Å². The molecule has 1 N–H and O–H groups in total. The first-order valence-electron chi connectivity index (χ1n) is 5.63. The van der Waals surface area contributed by atoms with Crippen molar-refractivity contribution in [3.8, 4) is 0 Å². The monoisotopic (exact) mass is 255 g/mol. The van der Waals surface area contributed by atoms with Gasteiger partial charge in [0.05, 0.1) is 0 Å². The number of thioether (sulfide) groups is 1. The third-order valence-corrected chi connectivity index (χ3v) is 3.69. The summed E-state index contributed by atoms with van der Waals surface area (Å²) in [7, 11) is 0. The lowest BCUT2D eigenvalue weighted by Gasteiger charge is -2.07. The lowest BCUT2D eigenvalue weighted by molar-refractivity contribution is 0.506. The Balaban J connectivity index is 1.75. The maximum Gasteiger partial charge on any atom is 0.159 e. The second kappa shape index (κ2) is 5.65. The average Bonchev–Trinajstić information content (AvgIpc) is 3.12. The van der Waals surface area contributed by atoms with Crippen molar-refractivity contribution in [2.45, 2.75) is 23.8 Å². The van der Waals surface area contributed by atoms with Crippen LogP contribution in [0, 0.1) is 11.6 Å². The number of benzene rings is 1. The summed E-state index contributed by atoms with van der Waals surface area (Å²) >= 11 is 1.48. The van der Waals surface area contributed by atoms with Crippen LogP contribution in [0.25, 0.3) is 0 Å². The van der Waals surface area contributed by atoms with E-state index in [2.05, 4.69) is 11.9 Å². The average molecular weight is 255 g/mol. The molecule has 92 valence electrons. The minimum Gasteiger partial charge on any atom is -0.310 e. The van der Waals surface area contributed by atoms with E-state index < -0.39 is 11.6 Å². The van der Waals surface area contributed by atoms with E-state index in [9.17, 15) is 8.78 Å². The van der Waals surface area contributed by atoms with Crippen molar-refractivity contribution >= 4 is 11.8 Å². The van der Waals surface area contributed by atoms with E-state index in [4.69, 9.17) is 0 Å². The highest BCUT2D eigenvalue weighted by atomic mass is 32.2. The van der Waals surface area contributed by atoms with Crippen LogP contribution in [0.15, 0.2) is 35.2 Å². The summed E-state index contributed by atoms with van der Waals surface area (Å²) < 4.78 is 25.6. The van der Waals surface area contributed by atoms with Gasteiger partial charge in [-0.15, -0.1) is 11.8 Å². The molecular formula is C13H15F2NS. The van der Waals surface area contributed by atoms with Crippen molar-refractivity contribution < 1.29 is 8.78 Å². The van der Waals surface area contributed by atoms with Gasteiger partial charge in [-0.25, -0.2) is 8.78 Å². The summed E-state index contributed by atoms with van der Waals surface area (Å²) in [6.45, 7) is 4.77. The Morgan fingerprint density at radius 2 is 2.12 bits per heavy atom. The van der Waals surface area contributed by atoms with Crippen LogP contribution in [-0.2, 0) is 0 Å². The Hall–Kier alpha value is -0.870. The Labute approximate surface area is 104 Å². The number of nitrogens with one attached hydrogen (secondary N) is 1. The van der Waals surface area contributed by atoms with Crippen LogP contribution in [0.5, 0.6) is 0 Å². The van der Waals surface area contributed by atoms with Crippen molar-refractivity contribution in [1.29, 1.82) is 0 Å². The zero-order valence-corrected chi connectivity index (χ0v) is 10.3. The molecule has 0 bridgehead atoms. The third kappa shape index (κ3) is 4.13. The highest BCUT2D eigenvalue weighted by Gasteiger charge is 2.19.